The van der Waals surface area contributed by atoms with E-state index in [0.29, 0.717) is 12.8 Å². The van der Waals surface area contributed by atoms with Crippen molar-refractivity contribution in [2.75, 3.05) is 0 Å². The molecule has 2 rings (SSSR count). The van der Waals surface area contributed by atoms with Crippen molar-refractivity contribution in [3.05, 3.63) is 47.1 Å². The number of hydrogen-bond acceptors (Lipinski definition) is 6. The van der Waals surface area contributed by atoms with Crippen LogP contribution in [-0.2, 0) is 23.9 Å². The van der Waals surface area contributed by atoms with Crippen molar-refractivity contribution < 1.29 is 29.0 Å². The van der Waals surface area contributed by atoms with E-state index in [4.69, 9.17) is 4.74 Å². The van der Waals surface area contributed by atoms with E-state index < -0.39 is 63.1 Å². The number of hydrogen-bond donors (Lipinski definition) is 1. The molecule has 1 saturated carbocycles. The maximum Gasteiger partial charge on any atom is 0.321 e. The molecule has 1 heterocycles. The molecule has 0 aromatic rings. The first-order valence-corrected chi connectivity index (χ1v) is 14.9. The number of fused-ring (bicyclic) bond motifs is 2. The molecule has 2 bridgehead atoms. The Labute approximate surface area is 247 Å². The molecule has 228 valence electrons. The first-order chi connectivity index (χ1) is 18.7. The number of aliphatic hydroxyl groups is 1. The molecule has 0 amide bonds. The highest BCUT2D eigenvalue weighted by Crippen LogP contribution is 2.62. The number of rotatable bonds is 12. The molecule has 0 aromatic heterocycles. The summed E-state index contributed by atoms with van der Waals surface area (Å²) >= 11 is 0. The third-order valence-corrected chi connectivity index (χ3v) is 8.70. The zero-order valence-corrected chi connectivity index (χ0v) is 27.1. The van der Waals surface area contributed by atoms with E-state index in [1.165, 1.54) is 0 Å². The quantitative estimate of drug-likeness (QED) is 0.117. The van der Waals surface area contributed by atoms with Crippen molar-refractivity contribution in [2.24, 2.45) is 28.6 Å². The van der Waals surface area contributed by atoms with E-state index in [1.807, 2.05) is 66.7 Å². The number of carbonyl (C=O) groups is 4. The van der Waals surface area contributed by atoms with Gasteiger partial charge in [0.2, 0.25) is 11.6 Å². The van der Waals surface area contributed by atoms with E-state index in [1.54, 1.807) is 33.8 Å². The van der Waals surface area contributed by atoms with Gasteiger partial charge in [0, 0.05) is 12.3 Å². The van der Waals surface area contributed by atoms with Gasteiger partial charge in [-0.25, -0.2) is 0 Å². The van der Waals surface area contributed by atoms with Crippen LogP contribution in [0.5, 0.6) is 0 Å². The van der Waals surface area contributed by atoms with Crippen LogP contribution >= 0.6 is 0 Å². The normalized spacial score (nSPS) is 29.7. The fourth-order valence-electron chi connectivity index (χ4n) is 6.35. The first-order valence-electron chi connectivity index (χ1n) is 14.9. The molecule has 1 N–H and O–H groups in total. The lowest BCUT2D eigenvalue weighted by Gasteiger charge is -2.47. The minimum Gasteiger partial charge on any atom is -0.449 e. The summed E-state index contributed by atoms with van der Waals surface area (Å²) in [5.74, 6) is -4.51. The van der Waals surface area contributed by atoms with E-state index in [-0.39, 0.29) is 19.3 Å². The summed E-state index contributed by atoms with van der Waals surface area (Å²) in [4.78, 5) is 56.7. The van der Waals surface area contributed by atoms with Crippen molar-refractivity contribution in [3.8, 4) is 0 Å². The van der Waals surface area contributed by atoms with E-state index in [0.717, 1.165) is 16.7 Å². The highest BCUT2D eigenvalue weighted by atomic mass is 16.6. The SMILES string of the molecule is CC(C)=CCCC1(C)C(C=CC(C)(C)O)CC2(CC=C(C)C)C(=O)OC(CC=C(C)C)(C2=O)C1C(=O)C(=O)C(C)C. The smallest absolute Gasteiger partial charge is 0.321 e. The van der Waals surface area contributed by atoms with Crippen LogP contribution in [0.1, 0.15) is 108 Å². The molecule has 0 radical (unpaired) electrons. The van der Waals surface area contributed by atoms with E-state index >= 15 is 0 Å². The molecule has 5 atom stereocenters. The highest BCUT2D eigenvalue weighted by molar-refractivity contribution is 6.40. The molecule has 2 aliphatic rings. The largest absolute Gasteiger partial charge is 0.449 e. The van der Waals surface area contributed by atoms with Crippen LogP contribution in [-0.4, -0.2) is 39.6 Å². The van der Waals surface area contributed by atoms with Crippen LogP contribution in [0.3, 0.4) is 0 Å². The fourth-order valence-corrected chi connectivity index (χ4v) is 6.35. The third-order valence-electron chi connectivity index (χ3n) is 8.70. The molecule has 6 nitrogen and oxygen atoms in total. The van der Waals surface area contributed by atoms with Crippen molar-refractivity contribution >= 4 is 23.3 Å². The molecule has 1 aliphatic heterocycles. The van der Waals surface area contributed by atoms with Crippen LogP contribution in [0.15, 0.2) is 47.1 Å². The predicted molar refractivity (Wildman–Crippen MR) is 163 cm³/mol. The standard InChI is InChI=1S/C35H52O6/c1-22(2)13-12-17-33(11)26(16-18-32(9,10)40)21-34(19-14-23(3)4)30(38)35(41-31(34)39,20-15-24(5)6)29(33)28(37)27(36)25(7)8/h13-16,18,25-26,29,40H,12,17,19-21H2,1-11H3. The van der Waals surface area contributed by atoms with Crippen molar-refractivity contribution in [2.45, 2.75) is 119 Å². The molecule has 6 heteroatoms. The van der Waals surface area contributed by atoms with Crippen molar-refractivity contribution in [1.82, 2.24) is 0 Å². The molecule has 1 aliphatic carbocycles. The lowest BCUT2D eigenvalue weighted by Crippen LogP contribution is -2.57. The van der Waals surface area contributed by atoms with Gasteiger partial charge >= 0.3 is 5.97 Å². The van der Waals surface area contributed by atoms with Gasteiger partial charge in [-0.1, -0.05) is 67.9 Å². The molecule has 1 saturated heterocycles. The van der Waals surface area contributed by atoms with Gasteiger partial charge in [0.15, 0.2) is 11.4 Å². The summed E-state index contributed by atoms with van der Waals surface area (Å²) in [5.41, 5.74) is -2.40. The van der Waals surface area contributed by atoms with Gasteiger partial charge < -0.3 is 9.84 Å². The minimum absolute atomic E-state index is 0.0262. The Morgan fingerprint density at radius 2 is 1.51 bits per heavy atom. The summed E-state index contributed by atoms with van der Waals surface area (Å²) in [6, 6.07) is 0. The Morgan fingerprint density at radius 1 is 0.976 bits per heavy atom. The maximum absolute atomic E-state index is 14.9. The maximum atomic E-state index is 14.9. The Bertz CT molecular complexity index is 1160. The summed E-state index contributed by atoms with van der Waals surface area (Å²) in [6.07, 6.45) is 10.8. The monoisotopic (exact) mass is 568 g/mol. The molecule has 2 fully saturated rings. The van der Waals surface area contributed by atoms with Gasteiger partial charge in [0.1, 0.15) is 5.41 Å². The number of esters is 1. The Balaban J connectivity index is 3.07. The average Bonchev–Trinajstić information content (AvgIpc) is 3.00. The minimum atomic E-state index is -1.80. The first kappa shape index (κ1) is 34.6. The van der Waals surface area contributed by atoms with Gasteiger partial charge in [0.05, 0.1) is 11.5 Å². The zero-order valence-electron chi connectivity index (χ0n) is 27.1. The number of ketones is 3. The Morgan fingerprint density at radius 3 is 2.00 bits per heavy atom. The average molecular weight is 569 g/mol. The second-order valence-corrected chi connectivity index (χ2v) is 14.1. The molecular formula is C35H52O6. The topological polar surface area (TPSA) is 97.7 Å². The summed E-state index contributed by atoms with van der Waals surface area (Å²) in [7, 11) is 0. The van der Waals surface area contributed by atoms with Crippen LogP contribution in [0.25, 0.3) is 0 Å². The van der Waals surface area contributed by atoms with Crippen LogP contribution in [0.4, 0.5) is 0 Å². The molecular weight excluding hydrogens is 516 g/mol. The third kappa shape index (κ3) is 7.25. The summed E-state index contributed by atoms with van der Waals surface area (Å²) < 4.78 is 6.21. The van der Waals surface area contributed by atoms with Gasteiger partial charge in [-0.2, -0.15) is 0 Å². The molecule has 41 heavy (non-hydrogen) atoms. The van der Waals surface area contributed by atoms with Gasteiger partial charge in [-0.3, -0.25) is 19.2 Å². The molecule has 0 aromatic carbocycles. The van der Waals surface area contributed by atoms with Crippen molar-refractivity contribution in [3.63, 3.8) is 0 Å². The summed E-state index contributed by atoms with van der Waals surface area (Å²) in [6.45, 7) is 20.2. The Hall–Kier alpha value is -2.60. The zero-order chi connectivity index (χ0) is 31.6. The van der Waals surface area contributed by atoms with Gasteiger partial charge in [0.25, 0.3) is 0 Å². The number of ether oxygens (including phenoxy) is 1. The second-order valence-electron chi connectivity index (χ2n) is 14.1. The van der Waals surface area contributed by atoms with Gasteiger partial charge in [-0.15, -0.1) is 0 Å². The number of Topliss-reactive ketones (excluding diaryl/α,β-unsaturated/α-hetero) is 3. The summed E-state index contributed by atoms with van der Waals surface area (Å²) in [5, 5.41) is 10.7. The van der Waals surface area contributed by atoms with Crippen LogP contribution < -0.4 is 0 Å². The Kier molecular flexibility index (Phi) is 10.7. The second kappa shape index (κ2) is 12.7. The van der Waals surface area contributed by atoms with Crippen LogP contribution in [0.2, 0.25) is 0 Å². The van der Waals surface area contributed by atoms with Crippen molar-refractivity contribution in [1.29, 1.82) is 0 Å². The highest BCUT2D eigenvalue weighted by Gasteiger charge is 2.74. The fraction of sp³-hybridized carbons (Fsp3) is 0.657. The molecule has 5 unspecified atom stereocenters. The lowest BCUT2D eigenvalue weighted by molar-refractivity contribution is -0.175. The van der Waals surface area contributed by atoms with Gasteiger partial charge in [-0.05, 0) is 92.4 Å². The predicted octanol–water partition coefficient (Wildman–Crippen LogP) is 7.06. The molecule has 0 spiro atoms. The lowest BCUT2D eigenvalue weighted by atomic mass is 9.57. The number of carbonyl (C=O) groups excluding carboxylic acids is 4. The van der Waals surface area contributed by atoms with Crippen LogP contribution in [0, 0.1) is 28.6 Å². The van der Waals surface area contributed by atoms with E-state index in [9.17, 15) is 24.3 Å². The van der Waals surface area contributed by atoms with E-state index in [2.05, 4.69) is 6.08 Å². The number of allylic oxidation sites excluding steroid dienone is 6.